The molecule has 0 aromatic heterocycles. The lowest BCUT2D eigenvalue weighted by atomic mass is 9.88. The SMILES string of the molecule is CC(=O)O[C@@H](C)/C=C\C(=O)N[C@@H]1C[C@H](C)[C@H](C/C=C(C)/C=C/[C@@H]2CC3(CO3)C[C@@H](CC(=O)NC(C)(C)C(=O)O)O2)O[C@@H]1C. The smallest absolute Gasteiger partial charge is 0.328 e. The number of carboxylic acids is 1. The summed E-state index contributed by atoms with van der Waals surface area (Å²) in [5, 5.41) is 14.8. The molecule has 8 atom stereocenters. The Morgan fingerprint density at radius 3 is 2.44 bits per heavy atom. The second-order valence-corrected chi connectivity index (χ2v) is 12.8. The van der Waals surface area contributed by atoms with Crippen LogP contribution in [0.25, 0.3) is 0 Å². The topological polar surface area (TPSA) is 153 Å². The first-order valence-corrected chi connectivity index (χ1v) is 15.1. The van der Waals surface area contributed by atoms with Gasteiger partial charge < -0.3 is 34.7 Å². The molecule has 0 saturated carbocycles. The number of esters is 1. The fraction of sp³-hybridized carbons (Fsp3) is 0.688. The third-order valence-electron chi connectivity index (χ3n) is 8.15. The molecule has 3 aliphatic heterocycles. The number of rotatable bonds is 12. The lowest BCUT2D eigenvalue weighted by Gasteiger charge is -2.39. The van der Waals surface area contributed by atoms with Crippen LogP contribution in [0.15, 0.2) is 36.0 Å². The van der Waals surface area contributed by atoms with Crippen molar-refractivity contribution in [2.45, 2.75) is 128 Å². The fourth-order valence-corrected chi connectivity index (χ4v) is 5.54. The van der Waals surface area contributed by atoms with Crippen LogP contribution in [0.1, 0.15) is 80.6 Å². The van der Waals surface area contributed by atoms with Gasteiger partial charge in [-0.2, -0.15) is 0 Å². The highest BCUT2D eigenvalue weighted by atomic mass is 16.6. The molecule has 3 heterocycles. The lowest BCUT2D eigenvalue weighted by molar-refractivity contribution is -0.147. The number of carboxylic acid groups (broad SMARTS) is 1. The Kier molecular flexibility index (Phi) is 11.7. The molecule has 11 nitrogen and oxygen atoms in total. The summed E-state index contributed by atoms with van der Waals surface area (Å²) < 4.78 is 23.2. The van der Waals surface area contributed by atoms with Gasteiger partial charge in [0.15, 0.2) is 0 Å². The standard InChI is InChI=1S/C32H48N2O9/c1-19(8-11-24-16-32(18-40-32)17-25(43-24)15-29(37)34-31(6,7)30(38)39)9-12-27-20(2)14-26(22(4)42-27)33-28(36)13-10-21(3)41-23(5)35/h8-11,13,20-22,24-27H,12,14-18H2,1-7H3,(H,33,36)(H,34,37)(H,38,39)/b11-8+,13-10-,19-9+/t20-,21-,22+,24+,25+,26+,27-,32?/m0/s1. The second kappa shape index (κ2) is 14.6. The Hall–Kier alpha value is -3.02. The first kappa shape index (κ1) is 34.5. The quantitative estimate of drug-likeness (QED) is 0.132. The number of carbonyl (C=O) groups excluding carboxylic acids is 3. The molecule has 3 fully saturated rings. The first-order valence-electron chi connectivity index (χ1n) is 15.1. The van der Waals surface area contributed by atoms with Crippen LogP contribution in [-0.2, 0) is 38.1 Å². The third kappa shape index (κ3) is 10.9. The summed E-state index contributed by atoms with van der Waals surface area (Å²) in [6, 6.07) is -0.122. The highest BCUT2D eigenvalue weighted by molar-refractivity contribution is 5.88. The number of nitrogens with one attached hydrogen (secondary N) is 2. The average Bonchev–Trinajstić information content (AvgIpc) is 3.63. The predicted molar refractivity (Wildman–Crippen MR) is 159 cm³/mol. The van der Waals surface area contributed by atoms with Gasteiger partial charge in [-0.1, -0.05) is 30.7 Å². The van der Waals surface area contributed by atoms with Crippen molar-refractivity contribution in [3.8, 4) is 0 Å². The van der Waals surface area contributed by atoms with Crippen LogP contribution in [0.3, 0.4) is 0 Å². The molecule has 2 amide bonds. The van der Waals surface area contributed by atoms with Gasteiger partial charge in [-0.05, 0) is 59.5 Å². The minimum atomic E-state index is -1.35. The Morgan fingerprint density at radius 2 is 1.81 bits per heavy atom. The maximum Gasteiger partial charge on any atom is 0.328 e. The molecule has 0 radical (unpaired) electrons. The minimum absolute atomic E-state index is 0.0121. The molecular formula is C32H48N2O9. The molecule has 11 heteroatoms. The van der Waals surface area contributed by atoms with Gasteiger partial charge in [-0.3, -0.25) is 14.4 Å². The van der Waals surface area contributed by atoms with Gasteiger partial charge in [0.1, 0.15) is 11.6 Å². The number of allylic oxidation sites excluding steroid dienone is 2. The van der Waals surface area contributed by atoms with Crippen LogP contribution < -0.4 is 10.6 Å². The maximum absolute atomic E-state index is 12.5. The van der Waals surface area contributed by atoms with Crippen molar-refractivity contribution in [2.24, 2.45) is 5.92 Å². The molecule has 3 aliphatic rings. The van der Waals surface area contributed by atoms with Crippen molar-refractivity contribution in [2.75, 3.05) is 6.61 Å². The van der Waals surface area contributed by atoms with E-state index in [1.54, 1.807) is 13.0 Å². The highest BCUT2D eigenvalue weighted by Crippen LogP contribution is 2.43. The Balaban J connectivity index is 1.48. The summed E-state index contributed by atoms with van der Waals surface area (Å²) in [4.78, 5) is 47.3. The molecule has 43 heavy (non-hydrogen) atoms. The summed E-state index contributed by atoms with van der Waals surface area (Å²) >= 11 is 0. The van der Waals surface area contributed by atoms with E-state index in [-0.39, 0.29) is 60.2 Å². The van der Waals surface area contributed by atoms with Crippen molar-refractivity contribution in [3.63, 3.8) is 0 Å². The second-order valence-electron chi connectivity index (χ2n) is 12.8. The van der Waals surface area contributed by atoms with Gasteiger partial charge in [0, 0.05) is 25.8 Å². The lowest BCUT2D eigenvalue weighted by Crippen LogP contribution is -2.51. The highest BCUT2D eigenvalue weighted by Gasteiger charge is 2.51. The number of aliphatic carboxylic acids is 1. The van der Waals surface area contributed by atoms with Gasteiger partial charge in [-0.25, -0.2) is 4.79 Å². The predicted octanol–water partition coefficient (Wildman–Crippen LogP) is 3.37. The van der Waals surface area contributed by atoms with Crippen LogP contribution in [0.5, 0.6) is 0 Å². The molecule has 1 spiro atoms. The van der Waals surface area contributed by atoms with E-state index in [0.717, 1.165) is 18.4 Å². The molecule has 3 rings (SSSR count). The largest absolute Gasteiger partial charge is 0.480 e. The molecule has 0 aliphatic carbocycles. The van der Waals surface area contributed by atoms with Crippen LogP contribution in [-0.4, -0.2) is 83.2 Å². The number of ether oxygens (including phenoxy) is 4. The molecule has 0 aromatic rings. The van der Waals surface area contributed by atoms with Crippen molar-refractivity contribution in [3.05, 3.63) is 36.0 Å². The number of hydrogen-bond acceptors (Lipinski definition) is 8. The van der Waals surface area contributed by atoms with Crippen molar-refractivity contribution < 1.29 is 43.2 Å². The summed E-state index contributed by atoms with van der Waals surface area (Å²) in [6.45, 7) is 12.7. The van der Waals surface area contributed by atoms with Gasteiger partial charge in [0.2, 0.25) is 11.8 Å². The van der Waals surface area contributed by atoms with E-state index in [0.29, 0.717) is 19.4 Å². The molecule has 0 bridgehead atoms. The monoisotopic (exact) mass is 604 g/mol. The van der Waals surface area contributed by atoms with E-state index < -0.39 is 23.6 Å². The van der Waals surface area contributed by atoms with Crippen LogP contribution in [0.2, 0.25) is 0 Å². The van der Waals surface area contributed by atoms with E-state index >= 15 is 0 Å². The van der Waals surface area contributed by atoms with E-state index in [9.17, 15) is 24.3 Å². The number of hydrogen-bond donors (Lipinski definition) is 3. The molecule has 0 aromatic carbocycles. The van der Waals surface area contributed by atoms with Gasteiger partial charge in [-0.15, -0.1) is 0 Å². The molecule has 1 unspecified atom stereocenters. The van der Waals surface area contributed by atoms with Gasteiger partial charge >= 0.3 is 11.9 Å². The number of carbonyl (C=O) groups is 4. The van der Waals surface area contributed by atoms with Crippen LogP contribution in [0.4, 0.5) is 0 Å². The van der Waals surface area contributed by atoms with E-state index in [1.165, 1.54) is 26.8 Å². The zero-order valence-electron chi connectivity index (χ0n) is 26.4. The molecule has 240 valence electrons. The zero-order chi connectivity index (χ0) is 31.9. The summed E-state index contributed by atoms with van der Waals surface area (Å²) in [5.74, 6) is -1.88. The summed E-state index contributed by atoms with van der Waals surface area (Å²) in [6.07, 6.45) is 10.8. The normalized spacial score (nSPS) is 32.0. The molecular weight excluding hydrogens is 556 g/mol. The Morgan fingerprint density at radius 1 is 1.12 bits per heavy atom. The zero-order valence-corrected chi connectivity index (χ0v) is 26.4. The molecule has 3 saturated heterocycles. The Bertz CT molecular complexity index is 1120. The van der Waals surface area contributed by atoms with Crippen molar-refractivity contribution in [1.29, 1.82) is 0 Å². The summed E-state index contributed by atoms with van der Waals surface area (Å²) in [5.41, 5.74) is -0.568. The van der Waals surface area contributed by atoms with Gasteiger partial charge in [0.05, 0.1) is 49.1 Å². The van der Waals surface area contributed by atoms with Crippen molar-refractivity contribution in [1.82, 2.24) is 10.6 Å². The van der Waals surface area contributed by atoms with E-state index in [1.807, 2.05) is 26.0 Å². The van der Waals surface area contributed by atoms with Crippen molar-refractivity contribution >= 4 is 23.8 Å². The Labute approximate surface area is 254 Å². The molecule has 3 N–H and O–H groups in total. The third-order valence-corrected chi connectivity index (χ3v) is 8.15. The van der Waals surface area contributed by atoms with Gasteiger partial charge in [0.25, 0.3) is 0 Å². The number of epoxide rings is 1. The minimum Gasteiger partial charge on any atom is -0.480 e. The average molecular weight is 605 g/mol. The fourth-order valence-electron chi connectivity index (χ4n) is 5.54. The maximum atomic E-state index is 12.5. The van der Waals surface area contributed by atoms with E-state index in [4.69, 9.17) is 18.9 Å². The van der Waals surface area contributed by atoms with Crippen LogP contribution in [0, 0.1) is 5.92 Å². The first-order chi connectivity index (χ1) is 20.1. The van der Waals surface area contributed by atoms with Crippen LogP contribution >= 0.6 is 0 Å². The number of amides is 2. The summed E-state index contributed by atoms with van der Waals surface area (Å²) in [7, 11) is 0. The van der Waals surface area contributed by atoms with E-state index in [2.05, 4.69) is 23.6 Å².